The van der Waals surface area contributed by atoms with Gasteiger partial charge in [-0.3, -0.25) is 11.2 Å². The molecule has 0 spiro atoms. The number of nitrogens with zero attached hydrogens (tertiary/aromatic N) is 1. The van der Waals surface area contributed by atoms with Crippen LogP contribution in [0.15, 0.2) is 59.6 Å². The number of nitrogens with one attached hydrogen (secondary N) is 2. The van der Waals surface area contributed by atoms with E-state index in [0.29, 0.717) is 5.39 Å². The van der Waals surface area contributed by atoms with Crippen LogP contribution in [0.5, 0.6) is 0 Å². The maximum atomic E-state index is 15.0. The molecule has 0 bridgehead atoms. The number of fused-ring (bicyclic) bond motifs is 1. The Bertz CT molecular complexity index is 1110. The number of hydrazine groups is 1. The van der Waals surface area contributed by atoms with E-state index in [-0.39, 0.29) is 17.1 Å². The van der Waals surface area contributed by atoms with Crippen molar-refractivity contribution in [2.24, 2.45) is 16.5 Å². The maximum Gasteiger partial charge on any atom is 0.417 e. The molecule has 0 fully saturated rings. The fraction of sp³-hybridized carbons (Fsp3) is 0.105. The third-order valence-electron chi connectivity index (χ3n) is 4.55. The normalized spacial score (nSPS) is 19.5. The largest absolute Gasteiger partial charge is 0.417 e. The van der Waals surface area contributed by atoms with Gasteiger partial charge in [0.1, 0.15) is 5.82 Å². The second-order valence-corrected chi connectivity index (χ2v) is 6.45. The van der Waals surface area contributed by atoms with Crippen LogP contribution < -0.4 is 22.3 Å². The van der Waals surface area contributed by atoms with E-state index in [1.165, 1.54) is 12.1 Å². The zero-order valence-electron chi connectivity index (χ0n) is 14.3. The minimum Gasteiger partial charge on any atom is -0.369 e. The molecule has 1 aliphatic heterocycles. The highest BCUT2D eigenvalue weighted by atomic mass is 19.4. The number of hydrogen-bond donors (Lipinski definition) is 4. The van der Waals surface area contributed by atoms with Gasteiger partial charge >= 0.3 is 6.18 Å². The first-order chi connectivity index (χ1) is 13.2. The summed E-state index contributed by atoms with van der Waals surface area (Å²) < 4.78 is 56.3. The maximum absolute atomic E-state index is 15.0. The molecule has 9 heteroatoms. The number of guanidine groups is 1. The zero-order valence-corrected chi connectivity index (χ0v) is 14.3. The van der Waals surface area contributed by atoms with E-state index in [1.807, 2.05) is 12.1 Å². The summed E-state index contributed by atoms with van der Waals surface area (Å²) in [7, 11) is 0. The first-order valence-electron chi connectivity index (χ1n) is 8.25. The predicted molar refractivity (Wildman–Crippen MR) is 98.1 cm³/mol. The summed E-state index contributed by atoms with van der Waals surface area (Å²) in [4.78, 5) is 3.81. The molecule has 6 N–H and O–H groups in total. The molecule has 144 valence electrons. The predicted octanol–water partition coefficient (Wildman–Crippen LogP) is 3.16. The van der Waals surface area contributed by atoms with Crippen molar-refractivity contribution in [3.8, 4) is 11.1 Å². The van der Waals surface area contributed by atoms with Gasteiger partial charge in [0.2, 0.25) is 11.7 Å². The lowest BCUT2D eigenvalue weighted by Crippen LogP contribution is -2.50. The van der Waals surface area contributed by atoms with Gasteiger partial charge < -0.3 is 5.73 Å². The fourth-order valence-electron chi connectivity index (χ4n) is 3.23. The number of benzene rings is 3. The van der Waals surface area contributed by atoms with Gasteiger partial charge in [-0.1, -0.05) is 36.4 Å². The summed E-state index contributed by atoms with van der Waals surface area (Å²) in [5.74, 6) is -2.99. The Morgan fingerprint density at radius 1 is 0.964 bits per heavy atom. The third kappa shape index (κ3) is 3.04. The highest BCUT2D eigenvalue weighted by molar-refractivity contribution is 5.88. The Morgan fingerprint density at radius 3 is 2.32 bits per heavy atom. The van der Waals surface area contributed by atoms with Crippen molar-refractivity contribution in [1.82, 2.24) is 10.9 Å². The van der Waals surface area contributed by atoms with Crippen molar-refractivity contribution in [2.75, 3.05) is 0 Å². The molecular weight excluding hydrogens is 374 g/mol. The van der Waals surface area contributed by atoms with Crippen molar-refractivity contribution in [3.63, 3.8) is 0 Å². The van der Waals surface area contributed by atoms with Crippen LogP contribution in [-0.4, -0.2) is 5.96 Å². The molecule has 0 aromatic heterocycles. The van der Waals surface area contributed by atoms with Crippen LogP contribution in [0.25, 0.3) is 21.9 Å². The minimum absolute atomic E-state index is 0.113. The van der Waals surface area contributed by atoms with Crippen LogP contribution in [0, 0.1) is 5.82 Å². The van der Waals surface area contributed by atoms with Gasteiger partial charge in [-0.05, 0) is 34.5 Å². The summed E-state index contributed by atoms with van der Waals surface area (Å²) in [6.07, 6.45) is -4.81. The van der Waals surface area contributed by atoms with Crippen molar-refractivity contribution < 1.29 is 17.6 Å². The van der Waals surface area contributed by atoms with E-state index < -0.39 is 28.9 Å². The Labute approximate surface area is 157 Å². The van der Waals surface area contributed by atoms with Gasteiger partial charge in [-0.25, -0.2) is 9.38 Å². The smallest absolute Gasteiger partial charge is 0.369 e. The SMILES string of the molecule is NC1=NC(N)(c2cc(F)c(-c3ccc4ccccc4c3)c(C(F)(F)F)c2)NN1. The van der Waals surface area contributed by atoms with Gasteiger partial charge in [-0.2, -0.15) is 18.6 Å². The lowest BCUT2D eigenvalue weighted by Gasteiger charge is -2.23. The molecule has 0 saturated carbocycles. The first-order valence-corrected chi connectivity index (χ1v) is 8.25. The minimum atomic E-state index is -4.81. The average Bonchev–Trinajstić information content (AvgIpc) is 3.00. The summed E-state index contributed by atoms with van der Waals surface area (Å²) in [5.41, 5.74) is 14.5. The number of hydrogen-bond acceptors (Lipinski definition) is 5. The molecule has 4 rings (SSSR count). The topological polar surface area (TPSA) is 88.5 Å². The molecule has 1 unspecified atom stereocenters. The molecular formula is C19H15F4N5. The molecule has 0 saturated heterocycles. The first kappa shape index (κ1) is 18.2. The highest BCUT2D eigenvalue weighted by Gasteiger charge is 2.39. The van der Waals surface area contributed by atoms with Gasteiger partial charge in [0, 0.05) is 11.1 Å². The van der Waals surface area contributed by atoms with Gasteiger partial charge in [0.15, 0.2) is 0 Å². The molecule has 0 amide bonds. The molecule has 1 heterocycles. The van der Waals surface area contributed by atoms with E-state index in [9.17, 15) is 17.6 Å². The molecule has 0 radical (unpaired) electrons. The van der Waals surface area contributed by atoms with Crippen molar-refractivity contribution >= 4 is 16.7 Å². The fourth-order valence-corrected chi connectivity index (χ4v) is 3.23. The van der Waals surface area contributed by atoms with E-state index in [2.05, 4.69) is 15.8 Å². The lowest BCUT2D eigenvalue weighted by molar-refractivity contribution is -0.137. The Kier molecular flexibility index (Phi) is 4.02. The summed E-state index contributed by atoms with van der Waals surface area (Å²) in [5, 5.41) is 1.54. The second-order valence-electron chi connectivity index (χ2n) is 6.45. The van der Waals surface area contributed by atoms with E-state index in [1.54, 1.807) is 18.2 Å². The lowest BCUT2D eigenvalue weighted by atomic mass is 9.93. The Morgan fingerprint density at radius 2 is 1.68 bits per heavy atom. The van der Waals surface area contributed by atoms with Gasteiger partial charge in [0.25, 0.3) is 0 Å². The van der Waals surface area contributed by atoms with E-state index >= 15 is 0 Å². The highest BCUT2D eigenvalue weighted by Crippen LogP contribution is 2.41. The molecule has 3 aromatic rings. The van der Waals surface area contributed by atoms with Crippen LogP contribution >= 0.6 is 0 Å². The summed E-state index contributed by atoms with van der Waals surface area (Å²) in [6, 6.07) is 13.5. The Balaban J connectivity index is 1.94. The van der Waals surface area contributed by atoms with Gasteiger partial charge in [0.05, 0.1) is 5.56 Å². The zero-order chi connectivity index (χ0) is 20.1. The number of rotatable bonds is 2. The van der Waals surface area contributed by atoms with Crippen molar-refractivity contribution in [3.05, 3.63) is 71.5 Å². The molecule has 28 heavy (non-hydrogen) atoms. The van der Waals surface area contributed by atoms with Crippen LogP contribution in [-0.2, 0) is 12.0 Å². The van der Waals surface area contributed by atoms with Crippen LogP contribution in [0.2, 0.25) is 0 Å². The number of aliphatic imine (C=N–C) groups is 1. The van der Waals surface area contributed by atoms with Crippen molar-refractivity contribution in [2.45, 2.75) is 12.0 Å². The number of halogens is 4. The van der Waals surface area contributed by atoms with Crippen LogP contribution in [0.4, 0.5) is 17.6 Å². The third-order valence-corrected chi connectivity index (χ3v) is 4.55. The molecule has 5 nitrogen and oxygen atoms in total. The number of alkyl halides is 3. The quantitative estimate of drug-likeness (QED) is 0.507. The standard InChI is InChI=1S/C19H15F4N5/c20-15-9-13(19(25)26-17(24)27-28-19)8-14(18(21,22)23)16(15)12-6-5-10-3-1-2-4-11(10)7-12/h1-9,28H,25H2,(H3,24,26,27). The summed E-state index contributed by atoms with van der Waals surface area (Å²) >= 11 is 0. The molecule has 1 aliphatic rings. The molecule has 0 aliphatic carbocycles. The molecule has 3 aromatic carbocycles. The summed E-state index contributed by atoms with van der Waals surface area (Å²) in [6.45, 7) is 0. The van der Waals surface area contributed by atoms with Crippen LogP contribution in [0.1, 0.15) is 11.1 Å². The van der Waals surface area contributed by atoms with E-state index in [0.717, 1.165) is 17.5 Å². The average molecular weight is 389 g/mol. The second kappa shape index (κ2) is 6.18. The van der Waals surface area contributed by atoms with Gasteiger partial charge in [-0.15, -0.1) is 0 Å². The Hall–Kier alpha value is -3.17. The molecule has 1 atom stereocenters. The van der Waals surface area contributed by atoms with Crippen molar-refractivity contribution in [1.29, 1.82) is 0 Å². The van der Waals surface area contributed by atoms with Crippen LogP contribution in [0.3, 0.4) is 0 Å². The number of nitrogens with two attached hydrogens (primary N) is 2. The monoisotopic (exact) mass is 389 g/mol. The van der Waals surface area contributed by atoms with E-state index in [4.69, 9.17) is 11.5 Å².